The van der Waals surface area contributed by atoms with Crippen molar-refractivity contribution in [3.8, 4) is 11.3 Å². The normalized spacial score (nSPS) is 11.9. The van der Waals surface area contributed by atoms with Crippen molar-refractivity contribution in [3.63, 3.8) is 0 Å². The standard InChI is InChI=1S/C25H29N3O3S/c1-15-12-16(2)22(17(3)13-15)23-20(10-11-21(27-23)25(4,5)6)24(29)28-32(30,31)19-9-7-8-18(26)14-19/h7-14H,26H2,1-6H3,(H,28,29). The van der Waals surface area contributed by atoms with Crippen molar-refractivity contribution < 1.29 is 13.2 Å². The van der Waals surface area contributed by atoms with Gasteiger partial charge in [0.2, 0.25) is 0 Å². The molecule has 168 valence electrons. The van der Waals surface area contributed by atoms with E-state index in [2.05, 4.69) is 4.72 Å². The molecule has 1 heterocycles. The van der Waals surface area contributed by atoms with E-state index in [-0.39, 0.29) is 15.9 Å². The Morgan fingerprint density at radius 1 is 0.969 bits per heavy atom. The first-order chi connectivity index (χ1) is 14.8. The second-order valence-corrected chi connectivity index (χ2v) is 10.8. The van der Waals surface area contributed by atoms with E-state index in [4.69, 9.17) is 10.7 Å². The summed E-state index contributed by atoms with van der Waals surface area (Å²) in [5, 5.41) is 0. The van der Waals surface area contributed by atoms with Gasteiger partial charge < -0.3 is 5.73 Å². The Kier molecular flexibility index (Phi) is 6.15. The molecule has 0 saturated heterocycles. The number of benzene rings is 2. The SMILES string of the molecule is Cc1cc(C)c(-c2nc(C(C)(C)C)ccc2C(=O)NS(=O)(=O)c2cccc(N)c2)c(C)c1. The number of carbonyl (C=O) groups is 1. The maximum Gasteiger partial charge on any atom is 0.267 e. The lowest BCUT2D eigenvalue weighted by Crippen LogP contribution is -2.31. The Hall–Kier alpha value is -3.19. The summed E-state index contributed by atoms with van der Waals surface area (Å²) in [7, 11) is -4.10. The number of pyridine rings is 1. The summed E-state index contributed by atoms with van der Waals surface area (Å²) in [4.78, 5) is 18.0. The van der Waals surface area contributed by atoms with Gasteiger partial charge in [0.1, 0.15) is 0 Å². The fraction of sp³-hybridized carbons (Fsp3) is 0.280. The quantitative estimate of drug-likeness (QED) is 0.561. The lowest BCUT2D eigenvalue weighted by atomic mass is 9.89. The number of amides is 1. The number of hydrogen-bond donors (Lipinski definition) is 2. The number of rotatable bonds is 4. The molecule has 0 unspecified atom stereocenters. The van der Waals surface area contributed by atoms with E-state index in [1.54, 1.807) is 18.2 Å². The predicted molar refractivity (Wildman–Crippen MR) is 128 cm³/mol. The summed E-state index contributed by atoms with van der Waals surface area (Å²) in [6, 6.07) is 13.3. The van der Waals surface area contributed by atoms with Gasteiger partial charge in [0, 0.05) is 22.4 Å². The van der Waals surface area contributed by atoms with E-state index < -0.39 is 15.9 Å². The topological polar surface area (TPSA) is 102 Å². The molecule has 3 N–H and O–H groups in total. The lowest BCUT2D eigenvalue weighted by Gasteiger charge is -2.21. The highest BCUT2D eigenvalue weighted by molar-refractivity contribution is 7.90. The van der Waals surface area contributed by atoms with E-state index in [0.717, 1.165) is 27.9 Å². The van der Waals surface area contributed by atoms with Crippen molar-refractivity contribution in [2.24, 2.45) is 0 Å². The van der Waals surface area contributed by atoms with Crippen LogP contribution in [-0.2, 0) is 15.4 Å². The van der Waals surface area contributed by atoms with Gasteiger partial charge in [0.05, 0.1) is 16.2 Å². The summed E-state index contributed by atoms with van der Waals surface area (Å²) in [6.07, 6.45) is 0. The van der Waals surface area contributed by atoms with Crippen LogP contribution in [0, 0.1) is 20.8 Å². The number of carbonyl (C=O) groups excluding carboxylic acids is 1. The van der Waals surface area contributed by atoms with Crippen LogP contribution in [0.2, 0.25) is 0 Å². The van der Waals surface area contributed by atoms with Crippen LogP contribution in [-0.4, -0.2) is 19.3 Å². The number of aromatic nitrogens is 1. The van der Waals surface area contributed by atoms with Crippen molar-refractivity contribution in [2.75, 3.05) is 5.73 Å². The van der Waals surface area contributed by atoms with Crippen molar-refractivity contribution >= 4 is 21.6 Å². The number of aryl methyl sites for hydroxylation is 3. The molecule has 7 heteroatoms. The van der Waals surface area contributed by atoms with Crippen LogP contribution in [0.4, 0.5) is 5.69 Å². The second kappa shape index (κ2) is 8.39. The molecule has 0 aliphatic heterocycles. The van der Waals surface area contributed by atoms with Gasteiger partial charge in [-0.25, -0.2) is 13.1 Å². The van der Waals surface area contributed by atoms with Crippen LogP contribution in [0.15, 0.2) is 53.4 Å². The maximum absolute atomic E-state index is 13.2. The zero-order valence-corrected chi connectivity index (χ0v) is 20.1. The van der Waals surface area contributed by atoms with Crippen molar-refractivity contribution in [3.05, 3.63) is 76.5 Å². The van der Waals surface area contributed by atoms with E-state index in [9.17, 15) is 13.2 Å². The second-order valence-electron chi connectivity index (χ2n) is 9.12. The van der Waals surface area contributed by atoms with E-state index in [1.165, 1.54) is 18.2 Å². The molecule has 0 bridgehead atoms. The minimum atomic E-state index is -4.10. The highest BCUT2D eigenvalue weighted by Gasteiger charge is 2.26. The number of nitrogen functional groups attached to an aromatic ring is 1. The Morgan fingerprint density at radius 2 is 1.59 bits per heavy atom. The summed E-state index contributed by atoms with van der Waals surface area (Å²) in [5.74, 6) is -0.741. The van der Waals surface area contributed by atoms with Gasteiger partial charge in [0.25, 0.3) is 15.9 Å². The molecule has 1 amide bonds. The average molecular weight is 452 g/mol. The number of anilines is 1. The lowest BCUT2D eigenvalue weighted by molar-refractivity contribution is 0.0981. The summed E-state index contributed by atoms with van der Waals surface area (Å²) in [5.41, 5.74) is 11.1. The van der Waals surface area contributed by atoms with Crippen LogP contribution < -0.4 is 10.5 Å². The van der Waals surface area contributed by atoms with Crippen LogP contribution >= 0.6 is 0 Å². The molecule has 0 atom stereocenters. The number of nitrogens with zero attached hydrogens (tertiary/aromatic N) is 1. The Morgan fingerprint density at radius 3 is 2.16 bits per heavy atom. The molecule has 0 aliphatic rings. The van der Waals surface area contributed by atoms with Gasteiger partial charge >= 0.3 is 0 Å². The minimum Gasteiger partial charge on any atom is -0.399 e. The maximum atomic E-state index is 13.2. The number of sulfonamides is 1. The predicted octanol–water partition coefficient (Wildman–Crippen LogP) is 4.67. The molecule has 0 radical (unpaired) electrons. The zero-order chi connectivity index (χ0) is 23.8. The fourth-order valence-electron chi connectivity index (χ4n) is 3.72. The molecule has 32 heavy (non-hydrogen) atoms. The number of nitrogens with one attached hydrogen (secondary N) is 1. The van der Waals surface area contributed by atoms with E-state index >= 15 is 0 Å². The van der Waals surface area contributed by atoms with Crippen molar-refractivity contribution in [1.29, 1.82) is 0 Å². The Bertz CT molecular complexity index is 1280. The molecule has 0 spiro atoms. The molecule has 1 aromatic heterocycles. The molecule has 0 fully saturated rings. The first kappa shape index (κ1) is 23.5. The average Bonchev–Trinajstić information content (AvgIpc) is 2.66. The minimum absolute atomic E-state index is 0.0747. The van der Waals surface area contributed by atoms with E-state index in [1.807, 2.05) is 53.7 Å². The molecular formula is C25H29N3O3S. The highest BCUT2D eigenvalue weighted by Crippen LogP contribution is 2.32. The first-order valence-corrected chi connectivity index (χ1v) is 11.8. The Balaban J connectivity index is 2.15. The fourth-order valence-corrected chi connectivity index (χ4v) is 4.74. The molecule has 0 aliphatic carbocycles. The van der Waals surface area contributed by atoms with Crippen LogP contribution in [0.1, 0.15) is 53.5 Å². The van der Waals surface area contributed by atoms with E-state index in [0.29, 0.717) is 11.4 Å². The zero-order valence-electron chi connectivity index (χ0n) is 19.3. The molecule has 3 aromatic rings. The monoisotopic (exact) mass is 451 g/mol. The largest absolute Gasteiger partial charge is 0.399 e. The molecular weight excluding hydrogens is 422 g/mol. The third kappa shape index (κ3) is 4.83. The third-order valence-corrected chi connectivity index (χ3v) is 6.55. The first-order valence-electron chi connectivity index (χ1n) is 10.3. The van der Waals surface area contributed by atoms with Crippen LogP contribution in [0.3, 0.4) is 0 Å². The van der Waals surface area contributed by atoms with Gasteiger partial charge in [-0.1, -0.05) is 44.5 Å². The van der Waals surface area contributed by atoms with Gasteiger partial charge in [-0.2, -0.15) is 0 Å². The van der Waals surface area contributed by atoms with Gasteiger partial charge in [0.15, 0.2) is 0 Å². The summed E-state index contributed by atoms with van der Waals surface area (Å²) in [6.45, 7) is 12.1. The van der Waals surface area contributed by atoms with Crippen molar-refractivity contribution in [1.82, 2.24) is 9.71 Å². The molecule has 2 aromatic carbocycles. The number of nitrogens with two attached hydrogens (primary N) is 1. The molecule has 0 saturated carbocycles. The van der Waals surface area contributed by atoms with Gasteiger partial charge in [-0.3, -0.25) is 9.78 Å². The van der Waals surface area contributed by atoms with Gasteiger partial charge in [-0.05, 0) is 62.2 Å². The van der Waals surface area contributed by atoms with Crippen LogP contribution in [0.25, 0.3) is 11.3 Å². The molecule has 6 nitrogen and oxygen atoms in total. The third-order valence-electron chi connectivity index (χ3n) is 5.22. The van der Waals surface area contributed by atoms with Crippen LogP contribution in [0.5, 0.6) is 0 Å². The highest BCUT2D eigenvalue weighted by atomic mass is 32.2. The van der Waals surface area contributed by atoms with Gasteiger partial charge in [-0.15, -0.1) is 0 Å². The Labute approximate surface area is 189 Å². The summed E-state index contributed by atoms with van der Waals surface area (Å²) < 4.78 is 27.8. The molecule has 3 rings (SSSR count). The van der Waals surface area contributed by atoms with Crippen molar-refractivity contribution in [2.45, 2.75) is 51.9 Å². The number of hydrogen-bond acceptors (Lipinski definition) is 5. The summed E-state index contributed by atoms with van der Waals surface area (Å²) >= 11 is 0. The smallest absolute Gasteiger partial charge is 0.267 e.